The van der Waals surface area contributed by atoms with Crippen molar-refractivity contribution in [3.63, 3.8) is 0 Å². The molecule has 0 saturated carbocycles. The van der Waals surface area contributed by atoms with Gasteiger partial charge in [0, 0.05) is 24.8 Å². The second-order valence-electron chi connectivity index (χ2n) is 9.08. The van der Waals surface area contributed by atoms with Gasteiger partial charge in [-0.3, -0.25) is 9.78 Å². The Morgan fingerprint density at radius 1 is 1.17 bits per heavy atom. The highest BCUT2D eigenvalue weighted by molar-refractivity contribution is 6.07. The van der Waals surface area contributed by atoms with Crippen LogP contribution in [-0.4, -0.2) is 40.6 Å². The first-order valence-electron chi connectivity index (χ1n) is 12.0. The van der Waals surface area contributed by atoms with E-state index in [2.05, 4.69) is 25.2 Å². The molecule has 4 rings (SSSR count). The molecule has 3 heterocycles. The van der Waals surface area contributed by atoms with Gasteiger partial charge in [0.25, 0.3) is 5.91 Å². The van der Waals surface area contributed by atoms with Gasteiger partial charge in [-0.1, -0.05) is 26.7 Å². The third-order valence-corrected chi connectivity index (χ3v) is 5.81. The van der Waals surface area contributed by atoms with Crippen molar-refractivity contribution in [1.82, 2.24) is 15.0 Å². The number of carbonyl (C=O) groups excluding carboxylic acids is 1. The molecule has 0 radical (unpaired) electrons. The molecule has 3 aromatic rings. The molecule has 8 nitrogen and oxygen atoms in total. The molecule has 1 aliphatic heterocycles. The van der Waals surface area contributed by atoms with Gasteiger partial charge in [-0.2, -0.15) is 0 Å². The number of pyridine rings is 1. The average molecular weight is 479 g/mol. The molecule has 1 fully saturated rings. The van der Waals surface area contributed by atoms with Crippen LogP contribution in [0.2, 0.25) is 0 Å². The molecule has 9 heteroatoms. The number of hydrogen-bond acceptors (Lipinski definition) is 7. The van der Waals surface area contributed by atoms with E-state index in [0.29, 0.717) is 24.0 Å². The predicted octanol–water partition coefficient (Wildman–Crippen LogP) is 4.93. The number of hydrogen-bond donors (Lipinski definition) is 2. The fourth-order valence-corrected chi connectivity index (χ4v) is 4.00. The monoisotopic (exact) mass is 478 g/mol. The second kappa shape index (κ2) is 11.1. The lowest BCUT2D eigenvalue weighted by Gasteiger charge is -2.25. The van der Waals surface area contributed by atoms with Crippen LogP contribution < -0.4 is 20.7 Å². The number of rotatable bonds is 7. The number of benzene rings is 1. The number of amides is 1. The van der Waals surface area contributed by atoms with E-state index in [1.54, 1.807) is 24.5 Å². The molecule has 1 amide bonds. The Kier molecular flexibility index (Phi) is 7.74. The van der Waals surface area contributed by atoms with Crippen LogP contribution in [0.1, 0.15) is 50.0 Å². The number of halogens is 1. The summed E-state index contributed by atoms with van der Waals surface area (Å²) in [4.78, 5) is 28.1. The Labute approximate surface area is 204 Å². The van der Waals surface area contributed by atoms with Gasteiger partial charge in [0.1, 0.15) is 11.6 Å². The van der Waals surface area contributed by atoms with Crippen molar-refractivity contribution >= 4 is 23.1 Å². The number of aromatic nitrogens is 3. The topological polar surface area (TPSA) is 106 Å². The Bertz CT molecular complexity index is 1180. The minimum Gasteiger partial charge on any atom is -0.493 e. The summed E-state index contributed by atoms with van der Waals surface area (Å²) in [6.07, 6.45) is 9.26. The summed E-state index contributed by atoms with van der Waals surface area (Å²) in [5.41, 5.74) is 7.75. The van der Waals surface area contributed by atoms with Crippen LogP contribution in [0.5, 0.6) is 5.75 Å². The molecular weight excluding hydrogens is 447 g/mol. The number of nitrogens with two attached hydrogens (primary N) is 1. The molecule has 184 valence electrons. The zero-order valence-electron chi connectivity index (χ0n) is 20.1. The lowest BCUT2D eigenvalue weighted by molar-refractivity contribution is 0.102. The fourth-order valence-electron chi connectivity index (χ4n) is 4.00. The highest BCUT2D eigenvalue weighted by atomic mass is 19.1. The molecule has 0 spiro atoms. The van der Waals surface area contributed by atoms with Crippen molar-refractivity contribution in [2.45, 2.75) is 39.5 Å². The third kappa shape index (κ3) is 6.03. The van der Waals surface area contributed by atoms with E-state index in [-0.39, 0.29) is 22.8 Å². The number of nitrogens with zero attached hydrogens (tertiary/aromatic N) is 4. The van der Waals surface area contributed by atoms with Gasteiger partial charge in [-0.05, 0) is 43.0 Å². The molecule has 3 N–H and O–H groups in total. The van der Waals surface area contributed by atoms with Gasteiger partial charge in [0.15, 0.2) is 11.5 Å². The van der Waals surface area contributed by atoms with Gasteiger partial charge in [0.2, 0.25) is 0 Å². The molecule has 1 saturated heterocycles. The van der Waals surface area contributed by atoms with E-state index in [4.69, 9.17) is 10.5 Å². The van der Waals surface area contributed by atoms with E-state index in [0.717, 1.165) is 31.6 Å². The number of carbonyl (C=O) groups is 1. The van der Waals surface area contributed by atoms with Crippen molar-refractivity contribution in [1.29, 1.82) is 0 Å². The van der Waals surface area contributed by atoms with Crippen LogP contribution in [0.15, 0.2) is 42.9 Å². The van der Waals surface area contributed by atoms with Crippen LogP contribution in [0.3, 0.4) is 0 Å². The highest BCUT2D eigenvalue weighted by Gasteiger charge is 2.20. The van der Waals surface area contributed by atoms with E-state index in [1.807, 2.05) is 19.9 Å². The standard InChI is InChI=1S/C26H31FN6O2/c1-17(2)16-35-18-7-8-20(27)19(13-18)21-15-30-25(28)24(31-21)26(34)32-22-14-29-10-9-23(22)33-11-5-3-4-6-12-33/h7-10,13-15,17H,3-6,11-12,16H2,1-2H3,(H2,28,30)(H,32,34). The summed E-state index contributed by atoms with van der Waals surface area (Å²) in [7, 11) is 0. The van der Waals surface area contributed by atoms with Gasteiger partial charge in [-0.25, -0.2) is 14.4 Å². The van der Waals surface area contributed by atoms with Crippen LogP contribution in [0.25, 0.3) is 11.3 Å². The maximum Gasteiger partial charge on any atom is 0.278 e. The highest BCUT2D eigenvalue weighted by Crippen LogP contribution is 2.29. The Hall–Kier alpha value is -3.75. The largest absolute Gasteiger partial charge is 0.493 e. The second-order valence-corrected chi connectivity index (χ2v) is 9.08. The maximum atomic E-state index is 14.7. The van der Waals surface area contributed by atoms with Gasteiger partial charge in [0.05, 0.1) is 36.1 Å². The van der Waals surface area contributed by atoms with Crippen LogP contribution in [0, 0.1) is 11.7 Å². The summed E-state index contributed by atoms with van der Waals surface area (Å²) in [6, 6.07) is 6.32. The van der Waals surface area contributed by atoms with Crippen LogP contribution in [-0.2, 0) is 0 Å². The molecule has 2 aromatic heterocycles. The Morgan fingerprint density at radius 2 is 1.94 bits per heavy atom. The van der Waals surface area contributed by atoms with Crippen molar-refractivity contribution < 1.29 is 13.9 Å². The zero-order chi connectivity index (χ0) is 24.8. The number of anilines is 3. The molecule has 0 aliphatic carbocycles. The third-order valence-electron chi connectivity index (χ3n) is 5.81. The number of nitrogens with one attached hydrogen (secondary N) is 1. The molecule has 1 aliphatic rings. The SMILES string of the molecule is CC(C)COc1ccc(F)c(-c2cnc(N)c(C(=O)Nc3cnccc3N3CCCCCC3)n2)c1. The molecular formula is C26H31FN6O2. The molecule has 0 bridgehead atoms. The summed E-state index contributed by atoms with van der Waals surface area (Å²) in [6.45, 7) is 6.39. The smallest absolute Gasteiger partial charge is 0.278 e. The minimum absolute atomic E-state index is 0.0425. The van der Waals surface area contributed by atoms with Crippen molar-refractivity contribution in [3.8, 4) is 17.0 Å². The average Bonchev–Trinajstić information content (AvgIpc) is 3.14. The van der Waals surface area contributed by atoms with Gasteiger partial charge >= 0.3 is 0 Å². The van der Waals surface area contributed by atoms with E-state index in [9.17, 15) is 9.18 Å². The molecule has 35 heavy (non-hydrogen) atoms. The van der Waals surface area contributed by atoms with Crippen LogP contribution in [0.4, 0.5) is 21.6 Å². The minimum atomic E-state index is -0.534. The van der Waals surface area contributed by atoms with Gasteiger partial charge < -0.3 is 20.7 Å². The van der Waals surface area contributed by atoms with E-state index in [1.165, 1.54) is 25.1 Å². The van der Waals surface area contributed by atoms with Crippen molar-refractivity contribution in [2.24, 2.45) is 5.92 Å². The quantitative estimate of drug-likeness (QED) is 0.496. The zero-order valence-corrected chi connectivity index (χ0v) is 20.1. The van der Waals surface area contributed by atoms with Gasteiger partial charge in [-0.15, -0.1) is 0 Å². The summed E-state index contributed by atoms with van der Waals surface area (Å²) < 4.78 is 20.4. The molecule has 0 unspecified atom stereocenters. The molecule has 0 atom stereocenters. The number of nitrogen functional groups attached to an aromatic ring is 1. The lowest BCUT2D eigenvalue weighted by atomic mass is 10.1. The van der Waals surface area contributed by atoms with Crippen LogP contribution >= 0.6 is 0 Å². The number of ether oxygens (including phenoxy) is 1. The normalized spacial score (nSPS) is 14.0. The Morgan fingerprint density at radius 3 is 2.69 bits per heavy atom. The fraction of sp³-hybridized carbons (Fsp3) is 0.385. The first-order chi connectivity index (χ1) is 16.9. The first kappa shape index (κ1) is 24.4. The van der Waals surface area contributed by atoms with E-state index < -0.39 is 11.7 Å². The predicted molar refractivity (Wildman–Crippen MR) is 135 cm³/mol. The maximum absolute atomic E-state index is 14.7. The van der Waals surface area contributed by atoms with Crippen molar-refractivity contribution in [3.05, 3.63) is 54.4 Å². The summed E-state index contributed by atoms with van der Waals surface area (Å²) >= 11 is 0. The lowest BCUT2D eigenvalue weighted by Crippen LogP contribution is -2.26. The Balaban J connectivity index is 1.60. The molecule has 1 aromatic carbocycles. The first-order valence-corrected chi connectivity index (χ1v) is 12.0. The summed E-state index contributed by atoms with van der Waals surface area (Å²) in [5.74, 6) is -0.241. The van der Waals surface area contributed by atoms with E-state index >= 15 is 0 Å². The summed E-state index contributed by atoms with van der Waals surface area (Å²) in [5, 5.41) is 2.88. The van der Waals surface area contributed by atoms with Crippen molar-refractivity contribution in [2.75, 3.05) is 35.6 Å².